The Morgan fingerprint density at radius 3 is 2.79 bits per heavy atom. The van der Waals surface area contributed by atoms with Crippen molar-refractivity contribution in [3.05, 3.63) is 30.0 Å². The summed E-state index contributed by atoms with van der Waals surface area (Å²) in [7, 11) is 0. The molecule has 1 amide bonds. The summed E-state index contributed by atoms with van der Waals surface area (Å²) in [5.74, 6) is 0.412. The number of aromatic nitrogens is 2. The molecule has 0 bridgehead atoms. The smallest absolute Gasteiger partial charge is 0.252 e. The summed E-state index contributed by atoms with van der Waals surface area (Å²) >= 11 is 0. The molecule has 0 aliphatic carbocycles. The molecule has 1 aromatic heterocycles. The molecule has 1 saturated heterocycles. The number of likely N-dealkylation sites (N-methyl/N-ethyl adjacent to an activating group) is 1. The molecule has 1 fully saturated rings. The van der Waals surface area contributed by atoms with E-state index in [1.165, 1.54) is 0 Å². The van der Waals surface area contributed by atoms with Crippen molar-refractivity contribution >= 4 is 16.8 Å². The summed E-state index contributed by atoms with van der Waals surface area (Å²) < 4.78 is 0. The number of hydrogen-bond acceptors (Lipinski definition) is 4. The highest BCUT2D eigenvalue weighted by Gasteiger charge is 2.18. The summed E-state index contributed by atoms with van der Waals surface area (Å²) in [6.45, 7) is 11.8. The van der Waals surface area contributed by atoms with Crippen LogP contribution in [0.5, 0.6) is 0 Å². The number of H-pyrrole nitrogens is 1. The lowest BCUT2D eigenvalue weighted by molar-refractivity contribution is 0.0935. The summed E-state index contributed by atoms with van der Waals surface area (Å²) in [4.78, 5) is 17.4. The van der Waals surface area contributed by atoms with Crippen LogP contribution in [0.1, 0.15) is 24.2 Å². The Morgan fingerprint density at radius 2 is 2.04 bits per heavy atom. The summed E-state index contributed by atoms with van der Waals surface area (Å²) in [6, 6.07) is 5.66. The number of fused-ring (bicyclic) bond motifs is 1. The zero-order valence-corrected chi connectivity index (χ0v) is 14.6. The van der Waals surface area contributed by atoms with Crippen molar-refractivity contribution in [1.29, 1.82) is 0 Å². The number of carbonyl (C=O) groups excluding carboxylic acids is 1. The van der Waals surface area contributed by atoms with Gasteiger partial charge < -0.3 is 15.1 Å². The number of carbonyl (C=O) groups is 1. The molecular weight excluding hydrogens is 302 g/mol. The lowest BCUT2D eigenvalue weighted by Gasteiger charge is -2.35. The number of aromatic amines is 1. The molecular formula is C18H27N5O. The number of rotatable bonds is 6. The van der Waals surface area contributed by atoms with Gasteiger partial charge in [0, 0.05) is 44.7 Å². The Morgan fingerprint density at radius 1 is 1.29 bits per heavy atom. The number of nitrogens with zero attached hydrogens (tertiary/aromatic N) is 3. The topological polar surface area (TPSA) is 64.3 Å². The molecule has 2 heterocycles. The molecule has 0 radical (unpaired) electrons. The number of amides is 1. The minimum atomic E-state index is -0.0235. The van der Waals surface area contributed by atoms with Gasteiger partial charge in [0.15, 0.2) is 0 Å². The van der Waals surface area contributed by atoms with Crippen molar-refractivity contribution in [1.82, 2.24) is 25.3 Å². The fourth-order valence-electron chi connectivity index (χ4n) is 3.32. The fraction of sp³-hybridized carbons (Fsp3) is 0.556. The molecule has 1 aliphatic rings. The highest BCUT2D eigenvalue weighted by Crippen LogP contribution is 2.16. The lowest BCUT2D eigenvalue weighted by atomic mass is 10.1. The van der Waals surface area contributed by atoms with E-state index < -0.39 is 0 Å². The summed E-state index contributed by atoms with van der Waals surface area (Å²) in [5.41, 5.74) is 1.58. The van der Waals surface area contributed by atoms with Gasteiger partial charge in [-0.1, -0.05) is 19.9 Å². The second-order valence-electron chi connectivity index (χ2n) is 6.69. The van der Waals surface area contributed by atoms with Crippen molar-refractivity contribution in [2.75, 3.05) is 45.8 Å². The molecule has 6 nitrogen and oxygen atoms in total. The van der Waals surface area contributed by atoms with Crippen LogP contribution in [0.15, 0.2) is 24.4 Å². The van der Waals surface area contributed by atoms with E-state index in [1.54, 1.807) is 6.20 Å². The van der Waals surface area contributed by atoms with Gasteiger partial charge >= 0.3 is 0 Å². The van der Waals surface area contributed by atoms with Crippen molar-refractivity contribution < 1.29 is 4.79 Å². The first kappa shape index (κ1) is 16.9. The van der Waals surface area contributed by atoms with E-state index in [-0.39, 0.29) is 5.91 Å². The van der Waals surface area contributed by atoms with Crippen molar-refractivity contribution in [2.24, 2.45) is 5.92 Å². The Hall–Kier alpha value is -1.92. The van der Waals surface area contributed by atoms with Gasteiger partial charge in [-0.2, -0.15) is 5.10 Å². The highest BCUT2D eigenvalue weighted by molar-refractivity contribution is 6.05. The molecule has 2 N–H and O–H groups in total. The SMILES string of the molecule is CCN1CCN(CC(C)CNC(=O)c2cccc3[nH]ncc23)CC1. The Bertz CT molecular complexity index is 675. The fourth-order valence-corrected chi connectivity index (χ4v) is 3.32. The Balaban J connectivity index is 1.48. The average molecular weight is 329 g/mol. The zero-order chi connectivity index (χ0) is 16.9. The average Bonchev–Trinajstić information content (AvgIpc) is 3.09. The molecule has 1 atom stereocenters. The number of benzene rings is 1. The lowest BCUT2D eigenvalue weighted by Crippen LogP contribution is -2.48. The van der Waals surface area contributed by atoms with Crippen molar-refractivity contribution in [3.8, 4) is 0 Å². The quantitative estimate of drug-likeness (QED) is 0.844. The van der Waals surface area contributed by atoms with Gasteiger partial charge in [-0.3, -0.25) is 9.89 Å². The maximum atomic E-state index is 12.5. The number of nitrogens with one attached hydrogen (secondary N) is 2. The van der Waals surface area contributed by atoms with E-state index >= 15 is 0 Å². The van der Waals surface area contributed by atoms with E-state index in [0.29, 0.717) is 18.0 Å². The summed E-state index contributed by atoms with van der Waals surface area (Å²) in [5, 5.41) is 10.9. The zero-order valence-electron chi connectivity index (χ0n) is 14.6. The van der Waals surface area contributed by atoms with Gasteiger partial charge in [0.25, 0.3) is 5.91 Å². The third kappa shape index (κ3) is 3.94. The van der Waals surface area contributed by atoms with E-state index in [2.05, 4.69) is 39.2 Å². The third-order valence-corrected chi connectivity index (χ3v) is 4.82. The standard InChI is InChI=1S/C18H27N5O/c1-3-22-7-9-23(10-8-22)13-14(2)11-19-18(24)15-5-4-6-17-16(15)12-20-21-17/h4-6,12,14H,3,7-11,13H2,1-2H3,(H,19,24)(H,20,21). The number of piperazine rings is 1. The van der Waals surface area contributed by atoms with E-state index in [4.69, 9.17) is 0 Å². The molecule has 1 aromatic carbocycles. The van der Waals surface area contributed by atoms with Gasteiger partial charge in [-0.25, -0.2) is 0 Å². The molecule has 130 valence electrons. The normalized spacial score (nSPS) is 17.9. The van der Waals surface area contributed by atoms with Crippen LogP contribution in [0.4, 0.5) is 0 Å². The van der Waals surface area contributed by atoms with Gasteiger partial charge in [0.1, 0.15) is 0 Å². The van der Waals surface area contributed by atoms with E-state index in [0.717, 1.165) is 50.2 Å². The largest absolute Gasteiger partial charge is 0.352 e. The Labute approximate surface area is 143 Å². The molecule has 1 aliphatic heterocycles. The van der Waals surface area contributed by atoms with Crippen molar-refractivity contribution in [2.45, 2.75) is 13.8 Å². The minimum Gasteiger partial charge on any atom is -0.352 e. The van der Waals surface area contributed by atoms with Crippen LogP contribution in [-0.4, -0.2) is 71.7 Å². The van der Waals surface area contributed by atoms with Crippen LogP contribution in [-0.2, 0) is 0 Å². The third-order valence-electron chi connectivity index (χ3n) is 4.82. The molecule has 3 rings (SSSR count). The first-order chi connectivity index (χ1) is 11.7. The van der Waals surface area contributed by atoms with E-state index in [9.17, 15) is 4.79 Å². The highest BCUT2D eigenvalue weighted by atomic mass is 16.1. The molecule has 1 unspecified atom stereocenters. The molecule has 0 saturated carbocycles. The van der Waals surface area contributed by atoms with Crippen LogP contribution >= 0.6 is 0 Å². The summed E-state index contributed by atoms with van der Waals surface area (Å²) in [6.07, 6.45) is 1.71. The van der Waals surface area contributed by atoms with Crippen molar-refractivity contribution in [3.63, 3.8) is 0 Å². The van der Waals surface area contributed by atoms with Gasteiger partial charge in [0.2, 0.25) is 0 Å². The second kappa shape index (κ2) is 7.77. The molecule has 2 aromatic rings. The van der Waals surface area contributed by atoms with Crippen LogP contribution in [0.2, 0.25) is 0 Å². The molecule has 6 heteroatoms. The first-order valence-electron chi connectivity index (χ1n) is 8.82. The predicted molar refractivity (Wildman–Crippen MR) is 96.1 cm³/mol. The van der Waals surface area contributed by atoms with Crippen LogP contribution in [0.3, 0.4) is 0 Å². The van der Waals surface area contributed by atoms with E-state index in [1.807, 2.05) is 18.2 Å². The molecule has 24 heavy (non-hydrogen) atoms. The second-order valence-corrected chi connectivity index (χ2v) is 6.69. The predicted octanol–water partition coefficient (Wildman–Crippen LogP) is 1.57. The van der Waals surface area contributed by atoms with Crippen LogP contribution in [0.25, 0.3) is 10.9 Å². The van der Waals surface area contributed by atoms with Crippen LogP contribution < -0.4 is 5.32 Å². The minimum absolute atomic E-state index is 0.0235. The maximum Gasteiger partial charge on any atom is 0.252 e. The van der Waals surface area contributed by atoms with Crippen LogP contribution in [0, 0.1) is 5.92 Å². The van der Waals surface area contributed by atoms with Gasteiger partial charge in [-0.05, 0) is 24.6 Å². The Kier molecular flexibility index (Phi) is 5.48. The maximum absolute atomic E-state index is 12.5. The van der Waals surface area contributed by atoms with Gasteiger partial charge in [0.05, 0.1) is 17.3 Å². The first-order valence-corrected chi connectivity index (χ1v) is 8.82. The van der Waals surface area contributed by atoms with Gasteiger partial charge in [-0.15, -0.1) is 0 Å². The monoisotopic (exact) mass is 329 g/mol. The number of hydrogen-bond donors (Lipinski definition) is 2. The molecule has 0 spiro atoms.